The number of rotatable bonds is 5. The van der Waals surface area contributed by atoms with Crippen LogP contribution in [0.1, 0.15) is 6.92 Å². The van der Waals surface area contributed by atoms with Gasteiger partial charge in [-0.3, -0.25) is 4.79 Å². The Kier molecular flexibility index (Phi) is 7.27. The smallest absolute Gasteiger partial charge is 0.217 e. The third kappa shape index (κ3) is 4.31. The van der Waals surface area contributed by atoms with Gasteiger partial charge in [-0.2, -0.15) is 0 Å². The molecule has 1 amide bonds. The van der Waals surface area contributed by atoms with E-state index in [-0.39, 0.29) is 0 Å². The summed E-state index contributed by atoms with van der Waals surface area (Å²) in [5.74, 6) is -0.574. The van der Waals surface area contributed by atoms with E-state index in [4.69, 9.17) is 14.2 Å². The van der Waals surface area contributed by atoms with E-state index in [1.807, 2.05) is 0 Å². The molecule has 0 aromatic heterocycles. The number of amides is 1. The van der Waals surface area contributed by atoms with Crippen LogP contribution in [-0.2, 0) is 19.0 Å². The van der Waals surface area contributed by atoms with Crippen molar-refractivity contribution in [3.63, 3.8) is 0 Å². The predicted molar refractivity (Wildman–Crippen MR) is 80.2 cm³/mol. The molecule has 0 aromatic carbocycles. The van der Waals surface area contributed by atoms with Crippen LogP contribution in [0.25, 0.3) is 0 Å². The summed E-state index contributed by atoms with van der Waals surface area (Å²) in [7, 11) is 0. The maximum atomic E-state index is 11.4. The van der Waals surface area contributed by atoms with Crippen LogP contribution in [0.15, 0.2) is 0 Å². The van der Waals surface area contributed by atoms with Crippen LogP contribution in [0.5, 0.6) is 0 Å². The van der Waals surface area contributed by atoms with Crippen molar-refractivity contribution in [1.29, 1.82) is 0 Å². The van der Waals surface area contributed by atoms with Crippen LogP contribution in [0.2, 0.25) is 0 Å². The van der Waals surface area contributed by atoms with Gasteiger partial charge in [-0.15, -0.1) is 0 Å². The van der Waals surface area contributed by atoms with Gasteiger partial charge >= 0.3 is 0 Å². The average Bonchev–Trinajstić information content (AvgIpc) is 2.60. The Bertz CT molecular complexity index is 478. The van der Waals surface area contributed by atoms with Gasteiger partial charge in [0, 0.05) is 6.92 Å². The summed E-state index contributed by atoms with van der Waals surface area (Å²) in [6.45, 7) is -0.194. The number of carbonyl (C=O) groups excluding carboxylic acids is 1. The molecular formula is C14H25NO11. The highest BCUT2D eigenvalue weighted by Crippen LogP contribution is 2.28. The van der Waals surface area contributed by atoms with Crippen molar-refractivity contribution in [2.24, 2.45) is 0 Å². The fourth-order valence-electron chi connectivity index (χ4n) is 2.98. The predicted octanol–water partition coefficient (Wildman–Crippen LogP) is -5.25. The van der Waals surface area contributed by atoms with Crippen molar-refractivity contribution in [1.82, 2.24) is 5.32 Å². The van der Waals surface area contributed by atoms with Crippen molar-refractivity contribution in [2.45, 2.75) is 68.3 Å². The lowest BCUT2D eigenvalue weighted by Gasteiger charge is -2.46. The third-order valence-corrected chi connectivity index (χ3v) is 4.38. The number of aliphatic hydroxyl groups is 7. The number of carbonyl (C=O) groups is 1. The van der Waals surface area contributed by atoms with Crippen LogP contribution in [0.4, 0.5) is 0 Å². The maximum Gasteiger partial charge on any atom is 0.217 e. The van der Waals surface area contributed by atoms with Gasteiger partial charge in [0.25, 0.3) is 0 Å². The Labute approximate surface area is 148 Å². The number of aliphatic hydroxyl groups excluding tert-OH is 7. The maximum absolute atomic E-state index is 11.4. The Morgan fingerprint density at radius 1 is 0.923 bits per heavy atom. The third-order valence-electron chi connectivity index (χ3n) is 4.38. The number of hydrogen-bond donors (Lipinski definition) is 8. The molecular weight excluding hydrogens is 358 g/mol. The lowest BCUT2D eigenvalue weighted by atomic mass is 9.95. The molecule has 2 fully saturated rings. The van der Waals surface area contributed by atoms with Crippen molar-refractivity contribution in [2.75, 3.05) is 13.2 Å². The molecule has 2 rings (SSSR count). The molecule has 8 N–H and O–H groups in total. The first kappa shape index (κ1) is 21.4. The Hall–Kier alpha value is -0.930. The number of hydrogen-bond acceptors (Lipinski definition) is 11. The number of nitrogens with one attached hydrogen (secondary N) is 1. The second-order valence-corrected chi connectivity index (χ2v) is 6.26. The average molecular weight is 383 g/mol. The van der Waals surface area contributed by atoms with Gasteiger partial charge in [-0.05, 0) is 0 Å². The van der Waals surface area contributed by atoms with Crippen LogP contribution in [0, 0.1) is 0 Å². The fraction of sp³-hybridized carbons (Fsp3) is 0.929. The number of ether oxygens (including phenoxy) is 3. The molecule has 2 saturated heterocycles. The van der Waals surface area contributed by atoms with Crippen LogP contribution in [0.3, 0.4) is 0 Å². The minimum absolute atomic E-state index is 0.574. The van der Waals surface area contributed by atoms with E-state index >= 15 is 0 Å². The van der Waals surface area contributed by atoms with E-state index in [0.717, 1.165) is 6.92 Å². The first-order chi connectivity index (χ1) is 12.2. The molecule has 0 aliphatic carbocycles. The molecule has 0 radical (unpaired) electrons. The molecule has 26 heavy (non-hydrogen) atoms. The second kappa shape index (κ2) is 8.84. The first-order valence-electron chi connectivity index (χ1n) is 8.06. The molecule has 12 nitrogen and oxygen atoms in total. The molecule has 0 aromatic rings. The van der Waals surface area contributed by atoms with Gasteiger partial charge < -0.3 is 55.3 Å². The molecule has 0 spiro atoms. The van der Waals surface area contributed by atoms with E-state index < -0.39 is 80.5 Å². The van der Waals surface area contributed by atoms with E-state index in [0.29, 0.717) is 0 Å². The highest BCUT2D eigenvalue weighted by atomic mass is 16.7. The SMILES string of the molecule is CC(=O)N[C@H]1[C@@H](O[C@@H]2[C@H](O)[C@@H](O)C(O)O[C@@H]2CO)O[C@H](CO)[C@@H](O)[C@@H]1O. The van der Waals surface area contributed by atoms with E-state index in [2.05, 4.69) is 5.32 Å². The fourth-order valence-corrected chi connectivity index (χ4v) is 2.98. The summed E-state index contributed by atoms with van der Waals surface area (Å²) in [6.07, 6.45) is -13.6. The summed E-state index contributed by atoms with van der Waals surface area (Å²) in [6, 6.07) is -1.28. The van der Waals surface area contributed by atoms with Crippen LogP contribution in [-0.4, -0.2) is 116 Å². The summed E-state index contributed by atoms with van der Waals surface area (Å²) in [5.41, 5.74) is 0. The van der Waals surface area contributed by atoms with Crippen molar-refractivity contribution in [3.05, 3.63) is 0 Å². The molecule has 1 unspecified atom stereocenters. The highest BCUT2D eigenvalue weighted by molar-refractivity contribution is 5.73. The molecule has 12 heteroatoms. The summed E-state index contributed by atoms with van der Waals surface area (Å²) < 4.78 is 15.8. The normalized spacial score (nSPS) is 46.8. The van der Waals surface area contributed by atoms with E-state index in [9.17, 15) is 40.5 Å². The van der Waals surface area contributed by atoms with Gasteiger partial charge in [0.2, 0.25) is 5.91 Å². The molecule has 2 aliphatic heterocycles. The first-order valence-corrected chi connectivity index (χ1v) is 8.06. The van der Waals surface area contributed by atoms with Crippen molar-refractivity contribution < 1.29 is 54.8 Å². The molecule has 2 aliphatic rings. The Morgan fingerprint density at radius 2 is 1.54 bits per heavy atom. The molecule has 2 heterocycles. The van der Waals surface area contributed by atoms with E-state index in [1.54, 1.807) is 0 Å². The molecule has 10 atom stereocenters. The summed E-state index contributed by atoms with van der Waals surface area (Å²) >= 11 is 0. The zero-order chi connectivity index (χ0) is 19.6. The molecule has 0 bridgehead atoms. The minimum atomic E-state index is -1.75. The highest BCUT2D eigenvalue weighted by Gasteiger charge is 2.50. The molecule has 152 valence electrons. The van der Waals surface area contributed by atoms with Gasteiger partial charge in [0.05, 0.1) is 13.2 Å². The monoisotopic (exact) mass is 383 g/mol. The summed E-state index contributed by atoms with van der Waals surface area (Å²) in [5, 5.41) is 70.5. The van der Waals surface area contributed by atoms with Crippen molar-refractivity contribution in [3.8, 4) is 0 Å². The van der Waals surface area contributed by atoms with Crippen LogP contribution >= 0.6 is 0 Å². The van der Waals surface area contributed by atoms with E-state index in [1.165, 1.54) is 0 Å². The van der Waals surface area contributed by atoms with Crippen LogP contribution < -0.4 is 5.32 Å². The van der Waals surface area contributed by atoms with Gasteiger partial charge in [0.15, 0.2) is 12.6 Å². The van der Waals surface area contributed by atoms with Crippen molar-refractivity contribution >= 4 is 5.91 Å². The van der Waals surface area contributed by atoms with Gasteiger partial charge in [-0.25, -0.2) is 0 Å². The Morgan fingerprint density at radius 3 is 2.08 bits per heavy atom. The standard InChI is InChI=1S/C14H25NO11/c1-4(18)15-7-9(20)8(19)5(2-16)25-14(7)26-12-6(3-17)24-13(23)11(22)10(12)21/h5-14,16-17,19-23H,2-3H2,1H3,(H,15,18)/t5-,6-,7-,8-,9-,10-,11-,12+,13?,14-/m1/s1. The summed E-state index contributed by atoms with van der Waals surface area (Å²) in [4.78, 5) is 11.4. The Balaban J connectivity index is 2.22. The molecule has 0 saturated carbocycles. The minimum Gasteiger partial charge on any atom is -0.394 e. The van der Waals surface area contributed by atoms with Gasteiger partial charge in [-0.1, -0.05) is 0 Å². The van der Waals surface area contributed by atoms with Gasteiger partial charge in [0.1, 0.15) is 48.8 Å². The lowest BCUT2D eigenvalue weighted by molar-refractivity contribution is -0.341. The zero-order valence-corrected chi connectivity index (χ0v) is 14.0. The largest absolute Gasteiger partial charge is 0.394 e. The zero-order valence-electron chi connectivity index (χ0n) is 14.0. The lowest BCUT2D eigenvalue weighted by Crippen LogP contribution is -2.67. The quantitative estimate of drug-likeness (QED) is 0.226. The topological polar surface area (TPSA) is 198 Å². The second-order valence-electron chi connectivity index (χ2n) is 6.26.